The van der Waals surface area contributed by atoms with Gasteiger partial charge >= 0.3 is 7.69 Å². The van der Waals surface area contributed by atoms with E-state index in [1.165, 1.54) is 0 Å². The number of benzene rings is 2. The largest absolute Gasteiger partial charge is 0.484 e. The molecule has 2 aromatic rings. The van der Waals surface area contributed by atoms with Gasteiger partial charge in [-0.2, -0.15) is 0 Å². The molecule has 20 heavy (non-hydrogen) atoms. The molecular formula is C15H15BO4. The average molecular weight is 270 g/mol. The number of ether oxygens (including phenoxy) is 1. The molecule has 0 radical (unpaired) electrons. The number of carbonyl (C=O) groups excluding carboxylic acids is 1. The van der Waals surface area contributed by atoms with Gasteiger partial charge in [-0.05, 0) is 17.7 Å². The molecule has 0 aliphatic carbocycles. The number of carbonyl (C=O) groups is 1. The van der Waals surface area contributed by atoms with Crippen LogP contribution in [0.15, 0.2) is 54.6 Å². The number of hydrogen-bond acceptors (Lipinski definition) is 4. The van der Waals surface area contributed by atoms with Crippen LogP contribution in [0.4, 0.5) is 0 Å². The summed E-state index contributed by atoms with van der Waals surface area (Å²) in [7, 11) is -0.750. The lowest BCUT2D eigenvalue weighted by atomic mass is 9.96. The molecule has 2 aromatic carbocycles. The zero-order valence-corrected chi connectivity index (χ0v) is 10.9. The molecule has 2 N–H and O–H groups in total. The summed E-state index contributed by atoms with van der Waals surface area (Å²) in [6, 6.07) is 17.3. The third-order valence-corrected chi connectivity index (χ3v) is 3.00. The first-order valence-corrected chi connectivity index (χ1v) is 6.31. The Kier molecular flexibility index (Phi) is 4.93. The molecule has 1 atom stereocenters. The number of fused-ring (bicyclic) bond motifs is 1. The van der Waals surface area contributed by atoms with E-state index in [2.05, 4.69) is 0 Å². The van der Waals surface area contributed by atoms with E-state index in [1.54, 1.807) is 0 Å². The highest BCUT2D eigenvalue weighted by atomic mass is 16.5. The summed E-state index contributed by atoms with van der Waals surface area (Å²) in [5.41, 5.74) is 1.75. The zero-order valence-electron chi connectivity index (χ0n) is 10.9. The van der Waals surface area contributed by atoms with Gasteiger partial charge in [0.2, 0.25) is 0 Å². The number of Topliss-reactive ketones (excluding diaryl/α,β-unsaturated/α-hetero) is 1. The van der Waals surface area contributed by atoms with Crippen LogP contribution in [0.25, 0.3) is 0 Å². The number of rotatable bonds is 1. The first kappa shape index (κ1) is 14.3. The fourth-order valence-electron chi connectivity index (χ4n) is 2.13. The van der Waals surface area contributed by atoms with Crippen molar-refractivity contribution in [3.05, 3.63) is 65.7 Å². The first-order valence-electron chi connectivity index (χ1n) is 6.31. The minimum atomic E-state index is -0.750. The Labute approximate surface area is 118 Å². The highest BCUT2D eigenvalue weighted by Gasteiger charge is 2.26. The van der Waals surface area contributed by atoms with Crippen LogP contribution in [0.1, 0.15) is 28.4 Å². The highest BCUT2D eigenvalue weighted by Crippen LogP contribution is 2.34. The monoisotopic (exact) mass is 270 g/mol. The summed E-state index contributed by atoms with van der Waals surface area (Å²) in [6.07, 6.45) is 0.264. The van der Waals surface area contributed by atoms with E-state index < -0.39 is 7.69 Å². The maximum absolute atomic E-state index is 12.0. The van der Waals surface area contributed by atoms with E-state index in [-0.39, 0.29) is 11.9 Å². The minimum Gasteiger partial charge on any atom is -0.484 e. The van der Waals surface area contributed by atoms with E-state index in [4.69, 9.17) is 14.8 Å². The quantitative estimate of drug-likeness (QED) is 0.773. The first-order chi connectivity index (χ1) is 9.76. The van der Waals surface area contributed by atoms with E-state index >= 15 is 0 Å². The molecule has 1 heterocycles. The standard InChI is InChI=1S/C15H12O2.BH3O2/c16-13-10-15(11-6-2-1-3-7-11)17-14-9-5-4-8-12(13)14;2-1-3/h1-9,15H,10H2;1-3H. The lowest BCUT2D eigenvalue weighted by Gasteiger charge is -2.25. The van der Waals surface area contributed by atoms with E-state index in [9.17, 15) is 4.79 Å². The van der Waals surface area contributed by atoms with Crippen molar-refractivity contribution >= 4 is 13.5 Å². The van der Waals surface area contributed by atoms with Crippen LogP contribution in [0.5, 0.6) is 5.75 Å². The highest BCUT2D eigenvalue weighted by molar-refractivity contribution is 6.13. The van der Waals surface area contributed by atoms with Crippen LogP contribution < -0.4 is 4.74 Å². The predicted octanol–water partition coefficient (Wildman–Crippen LogP) is 1.63. The van der Waals surface area contributed by atoms with Gasteiger partial charge in [0.25, 0.3) is 0 Å². The molecule has 0 bridgehead atoms. The molecule has 0 fully saturated rings. The third-order valence-electron chi connectivity index (χ3n) is 3.00. The molecule has 1 aliphatic rings. The zero-order chi connectivity index (χ0) is 14.4. The Hall–Kier alpha value is -2.11. The fourth-order valence-corrected chi connectivity index (χ4v) is 2.13. The number of para-hydroxylation sites is 1. The van der Waals surface area contributed by atoms with Gasteiger partial charge in [-0.25, -0.2) is 0 Å². The third kappa shape index (κ3) is 3.26. The van der Waals surface area contributed by atoms with Crippen molar-refractivity contribution < 1.29 is 19.6 Å². The van der Waals surface area contributed by atoms with Crippen LogP contribution in [0.2, 0.25) is 0 Å². The van der Waals surface area contributed by atoms with Crippen LogP contribution in [0.3, 0.4) is 0 Å². The second-order valence-corrected chi connectivity index (χ2v) is 4.28. The van der Waals surface area contributed by atoms with Crippen molar-refractivity contribution in [1.82, 2.24) is 0 Å². The van der Waals surface area contributed by atoms with Crippen LogP contribution >= 0.6 is 0 Å². The maximum atomic E-state index is 12.0. The Morgan fingerprint density at radius 3 is 2.30 bits per heavy atom. The summed E-state index contributed by atoms with van der Waals surface area (Å²) >= 11 is 0. The molecule has 0 aromatic heterocycles. The Balaban J connectivity index is 0.000000452. The number of ketones is 1. The van der Waals surface area contributed by atoms with Crippen molar-refractivity contribution in [1.29, 1.82) is 0 Å². The summed E-state index contributed by atoms with van der Waals surface area (Å²) < 4.78 is 5.87. The molecule has 4 nitrogen and oxygen atoms in total. The summed E-state index contributed by atoms with van der Waals surface area (Å²) in [4.78, 5) is 12.0. The Bertz CT molecular complexity index is 571. The van der Waals surface area contributed by atoms with Crippen molar-refractivity contribution in [3.63, 3.8) is 0 Å². The maximum Gasteiger partial charge on any atom is 0.432 e. The predicted molar refractivity (Wildman–Crippen MR) is 76.8 cm³/mol. The molecule has 3 rings (SSSR count). The lowest BCUT2D eigenvalue weighted by molar-refractivity contribution is 0.0850. The Morgan fingerprint density at radius 2 is 1.60 bits per heavy atom. The molecule has 0 spiro atoms. The van der Waals surface area contributed by atoms with Gasteiger partial charge in [-0.1, -0.05) is 42.5 Å². The SMILES string of the molecule is O=C1CC(c2ccccc2)Oc2ccccc21.OBO. The summed E-state index contributed by atoms with van der Waals surface area (Å²) in [5, 5.41) is 14.2. The van der Waals surface area contributed by atoms with E-state index in [1.807, 2.05) is 54.6 Å². The van der Waals surface area contributed by atoms with Crippen molar-refractivity contribution in [3.8, 4) is 5.75 Å². The van der Waals surface area contributed by atoms with Crippen LogP contribution in [-0.2, 0) is 0 Å². The van der Waals surface area contributed by atoms with Crippen LogP contribution in [0, 0.1) is 0 Å². The normalized spacial score (nSPS) is 16.3. The van der Waals surface area contributed by atoms with Crippen molar-refractivity contribution in [2.24, 2.45) is 0 Å². The van der Waals surface area contributed by atoms with Crippen molar-refractivity contribution in [2.45, 2.75) is 12.5 Å². The summed E-state index contributed by atoms with van der Waals surface area (Å²) in [5.74, 6) is 0.846. The molecule has 1 unspecified atom stereocenters. The Morgan fingerprint density at radius 1 is 1.00 bits per heavy atom. The van der Waals surface area contributed by atoms with Gasteiger partial charge < -0.3 is 14.8 Å². The minimum absolute atomic E-state index is 0.153. The second kappa shape index (κ2) is 6.89. The van der Waals surface area contributed by atoms with Gasteiger partial charge in [-0.15, -0.1) is 0 Å². The lowest BCUT2D eigenvalue weighted by Crippen LogP contribution is -2.20. The molecule has 1 aliphatic heterocycles. The summed E-state index contributed by atoms with van der Waals surface area (Å²) in [6.45, 7) is 0. The van der Waals surface area contributed by atoms with Crippen molar-refractivity contribution in [2.75, 3.05) is 0 Å². The van der Waals surface area contributed by atoms with Gasteiger partial charge in [0, 0.05) is 0 Å². The van der Waals surface area contributed by atoms with E-state index in [0.717, 1.165) is 5.56 Å². The molecule has 0 saturated heterocycles. The van der Waals surface area contributed by atoms with Gasteiger partial charge in [0.1, 0.15) is 11.9 Å². The second-order valence-electron chi connectivity index (χ2n) is 4.28. The van der Waals surface area contributed by atoms with Gasteiger partial charge in [0.05, 0.1) is 12.0 Å². The average Bonchev–Trinajstić information content (AvgIpc) is 2.49. The molecule has 0 amide bonds. The molecular weight excluding hydrogens is 255 g/mol. The van der Waals surface area contributed by atoms with E-state index in [0.29, 0.717) is 17.7 Å². The smallest absolute Gasteiger partial charge is 0.432 e. The van der Waals surface area contributed by atoms with Gasteiger partial charge in [-0.3, -0.25) is 4.79 Å². The molecule has 102 valence electrons. The van der Waals surface area contributed by atoms with Gasteiger partial charge in [0.15, 0.2) is 5.78 Å². The molecule has 0 saturated carbocycles. The molecule has 5 heteroatoms. The fraction of sp³-hybridized carbons (Fsp3) is 0.133. The van der Waals surface area contributed by atoms with Crippen LogP contribution in [-0.4, -0.2) is 23.5 Å². The topological polar surface area (TPSA) is 66.8 Å². The number of hydrogen-bond donors (Lipinski definition) is 2.